The second-order valence-corrected chi connectivity index (χ2v) is 4.25. The van der Waals surface area contributed by atoms with E-state index in [1.165, 1.54) is 11.3 Å². The highest BCUT2D eigenvalue weighted by atomic mass is 15.6. The maximum absolute atomic E-state index is 6.14. The first-order chi connectivity index (χ1) is 8.34. The molecule has 0 aromatic heterocycles. The van der Waals surface area contributed by atoms with Crippen LogP contribution in [0.25, 0.3) is 0 Å². The average Bonchev–Trinajstić information content (AvgIpc) is 2.68. The van der Waals surface area contributed by atoms with E-state index in [1.807, 2.05) is 41.4 Å². The van der Waals surface area contributed by atoms with Crippen LogP contribution in [-0.4, -0.2) is 6.17 Å². The summed E-state index contributed by atoms with van der Waals surface area (Å²) in [7, 11) is 0. The minimum Gasteiger partial charge on any atom is -0.309 e. The molecule has 17 heavy (non-hydrogen) atoms. The van der Waals surface area contributed by atoms with Gasteiger partial charge in [-0.25, -0.2) is 0 Å². The largest absolute Gasteiger partial charge is 0.309 e. The smallest absolute Gasteiger partial charge is 0.101 e. The van der Waals surface area contributed by atoms with E-state index in [0.29, 0.717) is 0 Å². The molecule has 2 aromatic carbocycles. The lowest BCUT2D eigenvalue weighted by Crippen LogP contribution is -2.43. The Kier molecular flexibility index (Phi) is 2.46. The fourth-order valence-corrected chi connectivity index (χ4v) is 2.21. The summed E-state index contributed by atoms with van der Waals surface area (Å²) in [6.07, 6.45) is 0.878. The van der Waals surface area contributed by atoms with Gasteiger partial charge < -0.3 is 5.73 Å². The van der Waals surface area contributed by atoms with Gasteiger partial charge in [-0.2, -0.15) is 0 Å². The van der Waals surface area contributed by atoms with Crippen molar-refractivity contribution in [1.29, 1.82) is 0 Å². The quantitative estimate of drug-likeness (QED) is 0.824. The zero-order chi connectivity index (χ0) is 11.7. The van der Waals surface area contributed by atoms with Crippen molar-refractivity contribution in [3.8, 4) is 0 Å². The van der Waals surface area contributed by atoms with Gasteiger partial charge in [0.25, 0.3) is 0 Å². The lowest BCUT2D eigenvalue weighted by molar-refractivity contribution is 0.693. The first-order valence-electron chi connectivity index (χ1n) is 5.79. The van der Waals surface area contributed by atoms with Gasteiger partial charge in [-0.15, -0.1) is 0 Å². The van der Waals surface area contributed by atoms with E-state index in [0.717, 1.165) is 12.1 Å². The summed E-state index contributed by atoms with van der Waals surface area (Å²) in [4.78, 5) is 0. The maximum Gasteiger partial charge on any atom is 0.101 e. The number of nitrogens with one attached hydrogen (secondary N) is 1. The predicted molar refractivity (Wildman–Crippen MR) is 70.7 cm³/mol. The molecule has 0 saturated carbocycles. The summed E-state index contributed by atoms with van der Waals surface area (Å²) < 4.78 is 0. The second kappa shape index (κ2) is 4.11. The Labute approximate surface area is 101 Å². The number of hydrogen-bond donors (Lipinski definition) is 2. The Morgan fingerprint density at radius 2 is 1.71 bits per heavy atom. The lowest BCUT2D eigenvalue weighted by Gasteiger charge is -2.26. The first kappa shape index (κ1) is 10.2. The number of hydrazine groups is 1. The second-order valence-electron chi connectivity index (χ2n) is 4.25. The van der Waals surface area contributed by atoms with Gasteiger partial charge >= 0.3 is 0 Å². The number of nitrogens with zero attached hydrogens (tertiary/aromatic N) is 1. The van der Waals surface area contributed by atoms with Gasteiger partial charge in [0.2, 0.25) is 0 Å². The molecular weight excluding hydrogens is 210 g/mol. The van der Waals surface area contributed by atoms with Gasteiger partial charge in [0, 0.05) is 6.42 Å². The predicted octanol–water partition coefficient (Wildman–Crippen LogP) is 2.36. The number of benzene rings is 2. The third-order valence-electron chi connectivity index (χ3n) is 3.04. The molecule has 1 atom stereocenters. The first-order valence-corrected chi connectivity index (χ1v) is 5.79. The molecule has 2 aromatic rings. The van der Waals surface area contributed by atoms with Gasteiger partial charge in [0.1, 0.15) is 6.17 Å². The zero-order valence-corrected chi connectivity index (χ0v) is 9.51. The van der Waals surface area contributed by atoms with E-state index in [9.17, 15) is 0 Å². The molecule has 0 spiro atoms. The minimum absolute atomic E-state index is 0.00685. The Balaban J connectivity index is 1.89. The highest BCUT2D eigenvalue weighted by molar-refractivity contribution is 5.63. The molecule has 0 amide bonds. The van der Waals surface area contributed by atoms with Crippen molar-refractivity contribution in [2.45, 2.75) is 12.6 Å². The third kappa shape index (κ3) is 1.85. The molecule has 0 radical (unpaired) electrons. The molecule has 1 aliphatic rings. The van der Waals surface area contributed by atoms with E-state index in [4.69, 9.17) is 5.73 Å². The van der Waals surface area contributed by atoms with Gasteiger partial charge in [-0.1, -0.05) is 36.4 Å². The van der Waals surface area contributed by atoms with Crippen LogP contribution >= 0.6 is 0 Å². The lowest BCUT2D eigenvalue weighted by atomic mass is 10.2. The van der Waals surface area contributed by atoms with Crippen LogP contribution in [0.4, 0.5) is 11.4 Å². The van der Waals surface area contributed by atoms with Crippen LogP contribution < -0.4 is 16.2 Å². The van der Waals surface area contributed by atoms with Gasteiger partial charge in [-0.3, -0.25) is 10.4 Å². The van der Waals surface area contributed by atoms with Crippen molar-refractivity contribution in [3.05, 3.63) is 60.2 Å². The van der Waals surface area contributed by atoms with E-state index < -0.39 is 0 Å². The number of nitrogens with two attached hydrogens (primary N) is 1. The molecule has 1 unspecified atom stereocenters. The normalized spacial score (nSPS) is 17.9. The van der Waals surface area contributed by atoms with E-state index >= 15 is 0 Å². The highest BCUT2D eigenvalue weighted by Crippen LogP contribution is 2.30. The molecule has 0 bridgehead atoms. The molecule has 0 aliphatic carbocycles. The van der Waals surface area contributed by atoms with Crippen LogP contribution in [-0.2, 0) is 6.42 Å². The highest BCUT2D eigenvalue weighted by Gasteiger charge is 2.25. The molecule has 1 aliphatic heterocycles. The number of anilines is 2. The van der Waals surface area contributed by atoms with E-state index in [-0.39, 0.29) is 6.17 Å². The summed E-state index contributed by atoms with van der Waals surface area (Å²) in [6.45, 7) is 0. The van der Waals surface area contributed by atoms with Crippen LogP contribution in [0.2, 0.25) is 0 Å². The maximum atomic E-state index is 6.14. The van der Waals surface area contributed by atoms with E-state index in [2.05, 4.69) is 23.6 Å². The van der Waals surface area contributed by atoms with E-state index in [1.54, 1.807) is 0 Å². The van der Waals surface area contributed by atoms with Crippen molar-refractivity contribution in [1.82, 2.24) is 0 Å². The Hall–Kier alpha value is -2.00. The van der Waals surface area contributed by atoms with Crippen molar-refractivity contribution in [3.63, 3.8) is 0 Å². The van der Waals surface area contributed by atoms with Crippen LogP contribution in [0.5, 0.6) is 0 Å². The third-order valence-corrected chi connectivity index (χ3v) is 3.04. The average molecular weight is 225 g/mol. The van der Waals surface area contributed by atoms with Crippen molar-refractivity contribution < 1.29 is 0 Å². The number of para-hydroxylation sites is 2. The topological polar surface area (TPSA) is 41.3 Å². The molecule has 3 heteroatoms. The van der Waals surface area contributed by atoms with Gasteiger partial charge in [0.05, 0.1) is 11.4 Å². The number of rotatable bonds is 2. The molecule has 3 rings (SSSR count). The van der Waals surface area contributed by atoms with Gasteiger partial charge in [0.15, 0.2) is 0 Å². The van der Waals surface area contributed by atoms with Crippen molar-refractivity contribution in [2.24, 2.45) is 5.73 Å². The molecule has 0 saturated heterocycles. The number of fused-ring (bicyclic) bond motifs is 1. The molecule has 0 fully saturated rings. The molecule has 1 heterocycles. The fraction of sp³-hybridized carbons (Fsp3) is 0.143. The van der Waals surface area contributed by atoms with Crippen LogP contribution in [0, 0.1) is 0 Å². The number of hydrogen-bond acceptors (Lipinski definition) is 3. The molecule has 86 valence electrons. The van der Waals surface area contributed by atoms with Crippen molar-refractivity contribution >= 4 is 11.4 Å². The summed E-state index contributed by atoms with van der Waals surface area (Å²) in [5.41, 5.74) is 13.0. The zero-order valence-electron chi connectivity index (χ0n) is 9.51. The fourth-order valence-electron chi connectivity index (χ4n) is 2.21. The monoisotopic (exact) mass is 225 g/mol. The summed E-state index contributed by atoms with van der Waals surface area (Å²) in [5, 5.41) is 2.03. The van der Waals surface area contributed by atoms with Crippen LogP contribution in [0.3, 0.4) is 0 Å². The van der Waals surface area contributed by atoms with Crippen molar-refractivity contribution in [2.75, 3.05) is 10.4 Å². The molecule has 3 N–H and O–H groups in total. The SMILES string of the molecule is NC1Cc2ccccc2N1Nc1ccccc1. The Morgan fingerprint density at radius 1 is 1.00 bits per heavy atom. The van der Waals surface area contributed by atoms with Crippen LogP contribution in [0.15, 0.2) is 54.6 Å². The van der Waals surface area contributed by atoms with Gasteiger partial charge in [-0.05, 0) is 23.8 Å². The summed E-state index contributed by atoms with van der Waals surface area (Å²) in [5.74, 6) is 0. The summed E-state index contributed by atoms with van der Waals surface area (Å²) in [6, 6.07) is 18.4. The standard InChI is InChI=1S/C14H15N3/c15-14-10-11-6-4-5-9-13(11)17(14)16-12-7-2-1-3-8-12/h1-9,14,16H,10,15H2. The van der Waals surface area contributed by atoms with Crippen LogP contribution in [0.1, 0.15) is 5.56 Å². The minimum atomic E-state index is -0.00685. The Bertz CT molecular complexity index is 510. The molecular formula is C14H15N3. The molecule has 3 nitrogen and oxygen atoms in total. The summed E-state index contributed by atoms with van der Waals surface area (Å²) >= 11 is 0. The Morgan fingerprint density at radius 3 is 2.53 bits per heavy atom.